The highest BCUT2D eigenvalue weighted by atomic mass is 32.1. The van der Waals surface area contributed by atoms with Crippen LogP contribution in [0.1, 0.15) is 53.1 Å². The van der Waals surface area contributed by atoms with Gasteiger partial charge in [-0.1, -0.05) is 46.7 Å². The van der Waals surface area contributed by atoms with Gasteiger partial charge in [0.25, 0.3) is 0 Å². The molecule has 2 rings (SSSR count). The molecule has 0 spiro atoms. The maximum absolute atomic E-state index is 8.12. The molecular weight excluding hydrogens is 314 g/mol. The number of hydrogen-bond acceptors (Lipinski definition) is 7. The molecule has 0 aromatic carbocycles. The molecule has 0 fully saturated rings. The number of thiazole rings is 1. The molecule has 23 heavy (non-hydrogen) atoms. The molecule has 6 nitrogen and oxygen atoms in total. The lowest BCUT2D eigenvalue weighted by molar-refractivity contribution is -0.191. The minimum Gasteiger partial charge on any atom is -0.339 e. The second kappa shape index (κ2) is 7.62. The van der Waals surface area contributed by atoms with E-state index in [2.05, 4.69) is 62.0 Å². The average Bonchev–Trinajstić information content (AvgIpc) is 2.95. The predicted octanol–water partition coefficient (Wildman–Crippen LogP) is 3.79. The minimum absolute atomic E-state index is 0.143. The summed E-state index contributed by atoms with van der Waals surface area (Å²) in [5, 5.41) is 6.97. The van der Waals surface area contributed by atoms with E-state index in [0.717, 1.165) is 23.5 Å². The number of hydrogen-bond donors (Lipinski definition) is 0. The van der Waals surface area contributed by atoms with Gasteiger partial charge in [-0.05, 0) is 17.3 Å². The highest BCUT2D eigenvalue weighted by molar-refractivity contribution is 7.13. The Balaban J connectivity index is 0.000000816. The van der Waals surface area contributed by atoms with Gasteiger partial charge in [0, 0.05) is 11.8 Å². The predicted molar refractivity (Wildman–Crippen MR) is 86.7 cm³/mol. The Bertz CT molecular complexity index is 604. The van der Waals surface area contributed by atoms with Gasteiger partial charge in [-0.15, -0.1) is 11.3 Å². The smallest absolute Gasteiger partial charge is 0.339 e. The molecule has 0 bridgehead atoms. The molecule has 0 aliphatic rings. The van der Waals surface area contributed by atoms with Crippen molar-refractivity contribution in [1.82, 2.24) is 15.1 Å². The highest BCUT2D eigenvalue weighted by Crippen LogP contribution is 2.27. The van der Waals surface area contributed by atoms with E-state index in [1.807, 2.05) is 0 Å². The van der Waals surface area contributed by atoms with Crippen LogP contribution in [-0.4, -0.2) is 21.3 Å². The molecule has 0 saturated carbocycles. The van der Waals surface area contributed by atoms with E-state index in [9.17, 15) is 0 Å². The molecule has 0 amide bonds. The standard InChI is InChI=1S/C15H23N3OS.CO2/c1-14(2,3)7-10-9-20-13(16-10)12-17-11(19-18-12)8-15(4,5)6;2-1-3/h9H,7-8H2,1-6H3;. The fourth-order valence-corrected chi connectivity index (χ4v) is 2.64. The van der Waals surface area contributed by atoms with Crippen LogP contribution in [0, 0.1) is 10.8 Å². The molecule has 126 valence electrons. The molecule has 0 saturated heterocycles. The Morgan fingerprint density at radius 2 is 1.61 bits per heavy atom. The fraction of sp³-hybridized carbons (Fsp3) is 0.625. The van der Waals surface area contributed by atoms with E-state index in [0.29, 0.717) is 11.7 Å². The maximum Gasteiger partial charge on any atom is 0.373 e. The molecule has 2 aromatic heterocycles. The fourth-order valence-electron chi connectivity index (χ4n) is 1.90. The Labute approximate surface area is 140 Å². The van der Waals surface area contributed by atoms with E-state index < -0.39 is 0 Å². The monoisotopic (exact) mass is 337 g/mol. The second-order valence-electron chi connectivity index (χ2n) is 7.71. The zero-order valence-electron chi connectivity index (χ0n) is 14.5. The van der Waals surface area contributed by atoms with Gasteiger partial charge >= 0.3 is 6.15 Å². The quantitative estimate of drug-likeness (QED) is 0.847. The molecular formula is C16H23N3O3S. The van der Waals surface area contributed by atoms with E-state index >= 15 is 0 Å². The minimum atomic E-state index is 0.143. The lowest BCUT2D eigenvalue weighted by Gasteiger charge is -2.15. The van der Waals surface area contributed by atoms with Gasteiger partial charge in [-0.25, -0.2) is 4.98 Å². The number of nitrogens with zero attached hydrogens (tertiary/aromatic N) is 3. The Morgan fingerprint density at radius 3 is 2.13 bits per heavy atom. The van der Waals surface area contributed by atoms with Gasteiger partial charge in [0.15, 0.2) is 5.01 Å². The van der Waals surface area contributed by atoms with Crippen molar-refractivity contribution < 1.29 is 14.1 Å². The molecule has 0 radical (unpaired) electrons. The average molecular weight is 337 g/mol. The van der Waals surface area contributed by atoms with Gasteiger partial charge in [0.05, 0.1) is 5.69 Å². The third-order valence-corrected chi connectivity index (χ3v) is 3.49. The first kappa shape index (κ1) is 19.2. The summed E-state index contributed by atoms with van der Waals surface area (Å²) in [7, 11) is 0. The molecule has 2 heterocycles. The highest BCUT2D eigenvalue weighted by Gasteiger charge is 2.19. The SMILES string of the molecule is CC(C)(C)Cc1csc(-c2noc(CC(C)(C)C)n2)n1.O=C=O. The summed E-state index contributed by atoms with van der Waals surface area (Å²) in [6.07, 6.45) is 1.98. The largest absolute Gasteiger partial charge is 0.373 e. The van der Waals surface area contributed by atoms with Crippen LogP contribution in [0.2, 0.25) is 0 Å². The molecule has 7 heteroatoms. The molecule has 0 aliphatic heterocycles. The number of carbonyl (C=O) groups excluding carboxylic acids is 2. The zero-order valence-corrected chi connectivity index (χ0v) is 15.3. The van der Waals surface area contributed by atoms with Crippen molar-refractivity contribution in [2.45, 2.75) is 54.4 Å². The first-order valence-electron chi connectivity index (χ1n) is 7.31. The summed E-state index contributed by atoms with van der Waals surface area (Å²) in [6.45, 7) is 13.1. The van der Waals surface area contributed by atoms with Crippen molar-refractivity contribution in [3.05, 3.63) is 17.0 Å². The van der Waals surface area contributed by atoms with E-state index in [1.165, 1.54) is 0 Å². The third-order valence-electron chi connectivity index (χ3n) is 2.60. The van der Waals surface area contributed by atoms with Crippen molar-refractivity contribution in [2.24, 2.45) is 10.8 Å². The van der Waals surface area contributed by atoms with Crippen molar-refractivity contribution in [2.75, 3.05) is 0 Å². The van der Waals surface area contributed by atoms with Crippen LogP contribution < -0.4 is 0 Å². The Hall–Kier alpha value is -1.85. The molecule has 0 N–H and O–H groups in total. The number of aromatic nitrogens is 3. The second-order valence-corrected chi connectivity index (χ2v) is 8.57. The van der Waals surface area contributed by atoms with Crippen LogP contribution in [0.4, 0.5) is 0 Å². The van der Waals surface area contributed by atoms with Gasteiger partial charge in [-0.2, -0.15) is 14.6 Å². The zero-order chi connectivity index (χ0) is 17.7. The van der Waals surface area contributed by atoms with Gasteiger partial charge in [-0.3, -0.25) is 0 Å². The van der Waals surface area contributed by atoms with Gasteiger partial charge in [0.2, 0.25) is 11.7 Å². The molecule has 0 unspecified atom stereocenters. The maximum atomic E-state index is 8.12. The summed E-state index contributed by atoms with van der Waals surface area (Å²) in [5.41, 5.74) is 1.48. The normalized spacial score (nSPS) is 11.6. The summed E-state index contributed by atoms with van der Waals surface area (Å²) < 4.78 is 5.31. The van der Waals surface area contributed by atoms with Crippen molar-refractivity contribution >= 4 is 17.5 Å². The van der Waals surface area contributed by atoms with Crippen molar-refractivity contribution in [3.8, 4) is 10.8 Å². The number of rotatable bonds is 3. The summed E-state index contributed by atoms with van der Waals surface area (Å²) in [6, 6.07) is 0. The molecule has 2 aromatic rings. The summed E-state index contributed by atoms with van der Waals surface area (Å²) >= 11 is 1.58. The third kappa shape index (κ3) is 7.30. The van der Waals surface area contributed by atoms with Gasteiger partial charge < -0.3 is 4.52 Å². The Morgan fingerprint density at radius 1 is 1.04 bits per heavy atom. The van der Waals surface area contributed by atoms with E-state index in [1.54, 1.807) is 11.3 Å². The van der Waals surface area contributed by atoms with E-state index in [-0.39, 0.29) is 17.0 Å². The van der Waals surface area contributed by atoms with E-state index in [4.69, 9.17) is 14.1 Å². The van der Waals surface area contributed by atoms with Crippen LogP contribution in [0.5, 0.6) is 0 Å². The summed E-state index contributed by atoms with van der Waals surface area (Å²) in [4.78, 5) is 25.3. The molecule has 0 aliphatic carbocycles. The van der Waals surface area contributed by atoms with Crippen LogP contribution in [0.25, 0.3) is 10.8 Å². The van der Waals surface area contributed by atoms with Crippen molar-refractivity contribution in [1.29, 1.82) is 0 Å². The summed E-state index contributed by atoms with van der Waals surface area (Å²) in [5.74, 6) is 1.29. The lowest BCUT2D eigenvalue weighted by Crippen LogP contribution is -2.09. The van der Waals surface area contributed by atoms with Crippen LogP contribution in [-0.2, 0) is 22.4 Å². The topological polar surface area (TPSA) is 85.9 Å². The molecule has 0 atom stereocenters. The van der Waals surface area contributed by atoms with Crippen LogP contribution in [0.3, 0.4) is 0 Å². The first-order valence-corrected chi connectivity index (χ1v) is 8.19. The lowest BCUT2D eigenvalue weighted by atomic mass is 9.91. The van der Waals surface area contributed by atoms with Gasteiger partial charge in [0.1, 0.15) is 0 Å². The Kier molecular flexibility index (Phi) is 6.36. The van der Waals surface area contributed by atoms with Crippen LogP contribution in [0.15, 0.2) is 9.90 Å². The van der Waals surface area contributed by atoms with Crippen molar-refractivity contribution in [3.63, 3.8) is 0 Å². The first-order chi connectivity index (χ1) is 10.5. The van der Waals surface area contributed by atoms with Crippen LogP contribution >= 0.6 is 11.3 Å².